The van der Waals surface area contributed by atoms with Gasteiger partial charge in [-0.1, -0.05) is 18.2 Å². The van der Waals surface area contributed by atoms with Crippen molar-refractivity contribution in [3.8, 4) is 5.75 Å². The molecule has 0 saturated carbocycles. The Bertz CT molecular complexity index is 458. The molecule has 0 spiro atoms. The third kappa shape index (κ3) is 5.43. The van der Waals surface area contributed by atoms with E-state index in [9.17, 15) is 9.59 Å². The molecule has 6 nitrogen and oxygen atoms in total. The minimum Gasteiger partial charge on any atom is -0.492 e. The summed E-state index contributed by atoms with van der Waals surface area (Å²) in [5.74, 6) is 0.487. The SMILES string of the molecule is O=C(NCCOc1ccccc1)NC(=O)C1CCNCC1. The number of benzene rings is 1. The highest BCUT2D eigenvalue weighted by atomic mass is 16.5. The van der Waals surface area contributed by atoms with Gasteiger partial charge in [0.25, 0.3) is 0 Å². The number of carbonyl (C=O) groups is 2. The van der Waals surface area contributed by atoms with Crippen LogP contribution >= 0.6 is 0 Å². The molecule has 1 aliphatic heterocycles. The summed E-state index contributed by atoms with van der Waals surface area (Å²) < 4.78 is 5.44. The number of hydrogen-bond donors (Lipinski definition) is 3. The molecule has 0 unspecified atom stereocenters. The molecule has 114 valence electrons. The maximum atomic E-state index is 11.8. The first-order valence-corrected chi connectivity index (χ1v) is 7.23. The number of urea groups is 1. The van der Waals surface area contributed by atoms with Crippen LogP contribution in [0.3, 0.4) is 0 Å². The van der Waals surface area contributed by atoms with Crippen molar-refractivity contribution in [3.63, 3.8) is 0 Å². The van der Waals surface area contributed by atoms with Crippen molar-refractivity contribution in [2.45, 2.75) is 12.8 Å². The number of ether oxygens (including phenoxy) is 1. The Morgan fingerprint density at radius 3 is 2.62 bits per heavy atom. The van der Waals surface area contributed by atoms with Gasteiger partial charge in [-0.15, -0.1) is 0 Å². The molecule has 0 bridgehead atoms. The van der Waals surface area contributed by atoms with Crippen LogP contribution in [0.25, 0.3) is 0 Å². The van der Waals surface area contributed by atoms with Gasteiger partial charge in [0, 0.05) is 5.92 Å². The van der Waals surface area contributed by atoms with E-state index in [-0.39, 0.29) is 11.8 Å². The van der Waals surface area contributed by atoms with E-state index in [2.05, 4.69) is 16.0 Å². The molecule has 1 fully saturated rings. The van der Waals surface area contributed by atoms with E-state index < -0.39 is 6.03 Å². The number of amides is 3. The van der Waals surface area contributed by atoms with Crippen LogP contribution in [0.1, 0.15) is 12.8 Å². The second-order valence-corrected chi connectivity index (χ2v) is 4.93. The summed E-state index contributed by atoms with van der Waals surface area (Å²) >= 11 is 0. The van der Waals surface area contributed by atoms with Gasteiger partial charge in [0.05, 0.1) is 6.54 Å². The molecule has 0 aliphatic carbocycles. The summed E-state index contributed by atoms with van der Waals surface area (Å²) in [4.78, 5) is 23.4. The van der Waals surface area contributed by atoms with E-state index in [1.54, 1.807) is 0 Å². The van der Waals surface area contributed by atoms with Crippen molar-refractivity contribution in [1.82, 2.24) is 16.0 Å². The Morgan fingerprint density at radius 1 is 1.19 bits per heavy atom. The summed E-state index contributed by atoms with van der Waals surface area (Å²) in [7, 11) is 0. The summed E-state index contributed by atoms with van der Waals surface area (Å²) in [5, 5.41) is 8.17. The van der Waals surface area contributed by atoms with Gasteiger partial charge in [0.15, 0.2) is 0 Å². The predicted octanol–water partition coefficient (Wildman–Crippen LogP) is 0.891. The first kappa shape index (κ1) is 15.3. The molecular weight excluding hydrogens is 270 g/mol. The molecule has 1 aromatic rings. The van der Waals surface area contributed by atoms with E-state index in [1.165, 1.54) is 0 Å². The molecule has 2 rings (SSSR count). The average molecular weight is 291 g/mol. The van der Waals surface area contributed by atoms with Crippen LogP contribution in [-0.2, 0) is 4.79 Å². The monoisotopic (exact) mass is 291 g/mol. The lowest BCUT2D eigenvalue weighted by Crippen LogP contribution is -2.45. The molecular formula is C15H21N3O3. The second-order valence-electron chi connectivity index (χ2n) is 4.93. The van der Waals surface area contributed by atoms with Crippen LogP contribution in [0.5, 0.6) is 5.75 Å². The van der Waals surface area contributed by atoms with Crippen molar-refractivity contribution >= 4 is 11.9 Å². The lowest BCUT2D eigenvalue weighted by atomic mass is 9.97. The molecule has 1 heterocycles. The van der Waals surface area contributed by atoms with Crippen LogP contribution in [0.15, 0.2) is 30.3 Å². The molecule has 21 heavy (non-hydrogen) atoms. The van der Waals surface area contributed by atoms with Crippen LogP contribution in [0.4, 0.5) is 4.79 Å². The zero-order valence-corrected chi connectivity index (χ0v) is 11.9. The standard InChI is InChI=1S/C15H21N3O3/c19-14(12-6-8-16-9-7-12)18-15(20)17-10-11-21-13-4-2-1-3-5-13/h1-5,12,16H,6-11H2,(H2,17,18,19,20). The zero-order valence-electron chi connectivity index (χ0n) is 11.9. The highest BCUT2D eigenvalue weighted by Crippen LogP contribution is 2.11. The molecule has 0 atom stereocenters. The van der Waals surface area contributed by atoms with Crippen molar-refractivity contribution in [2.24, 2.45) is 5.92 Å². The Kier molecular flexibility index (Phi) is 6.02. The maximum Gasteiger partial charge on any atom is 0.321 e. The summed E-state index contributed by atoms with van der Waals surface area (Å²) in [5.41, 5.74) is 0. The first-order chi connectivity index (χ1) is 10.3. The fraction of sp³-hybridized carbons (Fsp3) is 0.467. The fourth-order valence-corrected chi connectivity index (χ4v) is 2.19. The molecule has 1 aromatic carbocycles. The number of rotatable bonds is 5. The van der Waals surface area contributed by atoms with E-state index in [4.69, 9.17) is 4.74 Å². The largest absolute Gasteiger partial charge is 0.492 e. The smallest absolute Gasteiger partial charge is 0.321 e. The van der Waals surface area contributed by atoms with E-state index >= 15 is 0 Å². The van der Waals surface area contributed by atoms with Gasteiger partial charge in [-0.2, -0.15) is 0 Å². The van der Waals surface area contributed by atoms with Crippen molar-refractivity contribution in [2.75, 3.05) is 26.2 Å². The lowest BCUT2D eigenvalue weighted by molar-refractivity contribution is -0.124. The Labute approximate surface area is 124 Å². The number of carbonyl (C=O) groups excluding carboxylic acids is 2. The summed E-state index contributed by atoms with van der Waals surface area (Å²) in [6, 6.07) is 8.90. The zero-order chi connectivity index (χ0) is 14.9. The fourth-order valence-electron chi connectivity index (χ4n) is 2.19. The predicted molar refractivity (Wildman–Crippen MR) is 79.1 cm³/mol. The Balaban J connectivity index is 1.60. The van der Waals surface area contributed by atoms with Crippen molar-refractivity contribution < 1.29 is 14.3 Å². The molecule has 0 aromatic heterocycles. The number of nitrogens with one attached hydrogen (secondary N) is 3. The maximum absolute atomic E-state index is 11.8. The topological polar surface area (TPSA) is 79.5 Å². The third-order valence-electron chi connectivity index (χ3n) is 3.35. The molecule has 0 radical (unpaired) electrons. The van der Waals surface area contributed by atoms with Crippen LogP contribution in [0, 0.1) is 5.92 Å². The van der Waals surface area contributed by atoms with Gasteiger partial charge in [-0.05, 0) is 38.1 Å². The number of para-hydroxylation sites is 1. The normalized spacial score (nSPS) is 15.2. The highest BCUT2D eigenvalue weighted by molar-refractivity contribution is 5.95. The second kappa shape index (κ2) is 8.26. The Hall–Kier alpha value is -2.08. The van der Waals surface area contributed by atoms with Gasteiger partial charge in [-0.25, -0.2) is 4.79 Å². The lowest BCUT2D eigenvalue weighted by Gasteiger charge is -2.21. The number of imide groups is 1. The van der Waals surface area contributed by atoms with Gasteiger partial charge in [-0.3, -0.25) is 10.1 Å². The minimum atomic E-state index is -0.463. The first-order valence-electron chi connectivity index (χ1n) is 7.23. The quantitative estimate of drug-likeness (QED) is 0.704. The molecule has 6 heteroatoms. The van der Waals surface area contributed by atoms with Gasteiger partial charge >= 0.3 is 6.03 Å². The van der Waals surface area contributed by atoms with Crippen LogP contribution in [-0.4, -0.2) is 38.2 Å². The average Bonchev–Trinajstić information content (AvgIpc) is 2.53. The Morgan fingerprint density at radius 2 is 1.90 bits per heavy atom. The molecule has 3 N–H and O–H groups in total. The van der Waals surface area contributed by atoms with Crippen molar-refractivity contribution in [3.05, 3.63) is 30.3 Å². The van der Waals surface area contributed by atoms with Crippen molar-refractivity contribution in [1.29, 1.82) is 0 Å². The third-order valence-corrected chi connectivity index (χ3v) is 3.35. The van der Waals surface area contributed by atoms with Gasteiger partial charge in [0.1, 0.15) is 12.4 Å². The molecule has 3 amide bonds. The number of hydrogen-bond acceptors (Lipinski definition) is 4. The minimum absolute atomic E-state index is 0.0717. The summed E-state index contributed by atoms with van der Waals surface area (Å²) in [6.07, 6.45) is 1.55. The molecule has 1 saturated heterocycles. The highest BCUT2D eigenvalue weighted by Gasteiger charge is 2.22. The van der Waals surface area contributed by atoms with Gasteiger partial charge in [0.2, 0.25) is 5.91 Å². The van der Waals surface area contributed by atoms with Crippen LogP contribution < -0.4 is 20.7 Å². The summed E-state index contributed by atoms with van der Waals surface area (Å²) in [6.45, 7) is 2.36. The van der Waals surface area contributed by atoms with Crippen LogP contribution in [0.2, 0.25) is 0 Å². The molecule has 1 aliphatic rings. The number of piperidine rings is 1. The van der Waals surface area contributed by atoms with E-state index in [1.807, 2.05) is 30.3 Å². The van der Waals surface area contributed by atoms with E-state index in [0.29, 0.717) is 13.2 Å². The van der Waals surface area contributed by atoms with E-state index in [0.717, 1.165) is 31.7 Å². The van der Waals surface area contributed by atoms with Gasteiger partial charge < -0.3 is 15.4 Å².